The number of ether oxygens (including phenoxy) is 1. The summed E-state index contributed by atoms with van der Waals surface area (Å²) in [6, 6.07) is 5.08. The summed E-state index contributed by atoms with van der Waals surface area (Å²) in [7, 11) is 0. The van der Waals surface area contributed by atoms with E-state index in [1.54, 1.807) is 18.2 Å². The van der Waals surface area contributed by atoms with Gasteiger partial charge in [-0.25, -0.2) is 0 Å². The van der Waals surface area contributed by atoms with E-state index in [0.717, 1.165) is 3.57 Å². The van der Waals surface area contributed by atoms with Crippen molar-refractivity contribution in [3.05, 3.63) is 27.3 Å². The van der Waals surface area contributed by atoms with Crippen LogP contribution < -0.4 is 0 Å². The molecular formula is C13H17IO4S. The third-order valence-electron chi connectivity index (χ3n) is 2.81. The fraction of sp³-hybridized carbons (Fsp3) is 0.462. The highest BCUT2D eigenvalue weighted by Gasteiger charge is 2.20. The summed E-state index contributed by atoms with van der Waals surface area (Å²) in [5.74, 6) is -0.375. The Morgan fingerprint density at radius 1 is 1.53 bits per heavy atom. The number of rotatable bonds is 6. The number of benzene rings is 1. The number of phenols is 1. The van der Waals surface area contributed by atoms with Gasteiger partial charge in [0.1, 0.15) is 5.75 Å². The Balaban J connectivity index is 2.58. The first-order valence-electron chi connectivity index (χ1n) is 5.88. The molecule has 0 aromatic heterocycles. The molecule has 1 aromatic carbocycles. The maximum absolute atomic E-state index is 10.9. The van der Waals surface area contributed by atoms with Crippen molar-refractivity contribution in [2.24, 2.45) is 5.92 Å². The molecule has 0 heterocycles. The Morgan fingerprint density at radius 3 is 2.84 bits per heavy atom. The van der Waals surface area contributed by atoms with Crippen LogP contribution in [0.1, 0.15) is 25.0 Å². The van der Waals surface area contributed by atoms with Gasteiger partial charge < -0.3 is 14.9 Å². The number of thiol groups is 1. The number of aliphatic hydroxyl groups is 1. The average molecular weight is 396 g/mol. The van der Waals surface area contributed by atoms with Crippen molar-refractivity contribution in [2.45, 2.75) is 19.4 Å². The van der Waals surface area contributed by atoms with E-state index in [1.165, 1.54) is 0 Å². The van der Waals surface area contributed by atoms with E-state index in [2.05, 4.69) is 35.2 Å². The largest absolute Gasteiger partial charge is 0.508 e. The summed E-state index contributed by atoms with van der Waals surface area (Å²) in [6.45, 7) is 2.08. The SMILES string of the molecule is C[C@H](CCOC(=O)CS)[C@@H](O)c1cc(I)ccc1O. The fourth-order valence-electron chi connectivity index (χ4n) is 1.63. The molecule has 0 amide bonds. The first-order chi connectivity index (χ1) is 8.95. The van der Waals surface area contributed by atoms with E-state index >= 15 is 0 Å². The lowest BCUT2D eigenvalue weighted by Gasteiger charge is -2.20. The summed E-state index contributed by atoms with van der Waals surface area (Å²) in [4.78, 5) is 10.9. The van der Waals surface area contributed by atoms with E-state index < -0.39 is 6.10 Å². The van der Waals surface area contributed by atoms with Gasteiger partial charge in [0, 0.05) is 9.13 Å². The minimum atomic E-state index is -0.788. The van der Waals surface area contributed by atoms with Crippen molar-refractivity contribution >= 4 is 41.2 Å². The van der Waals surface area contributed by atoms with Crippen LogP contribution in [0.3, 0.4) is 0 Å². The molecule has 0 bridgehead atoms. The molecule has 1 aromatic rings. The summed E-state index contributed by atoms with van der Waals surface area (Å²) in [5.41, 5.74) is 0.500. The van der Waals surface area contributed by atoms with Gasteiger partial charge in [0.05, 0.1) is 18.5 Å². The summed E-state index contributed by atoms with van der Waals surface area (Å²) in [6.07, 6.45) is -0.268. The molecule has 1 rings (SSSR count). The summed E-state index contributed by atoms with van der Waals surface area (Å²) < 4.78 is 5.85. The van der Waals surface area contributed by atoms with E-state index in [1.807, 2.05) is 6.92 Å². The molecule has 6 heteroatoms. The van der Waals surface area contributed by atoms with Crippen molar-refractivity contribution in [3.8, 4) is 5.75 Å². The zero-order valence-electron chi connectivity index (χ0n) is 10.5. The molecule has 0 saturated carbocycles. The maximum atomic E-state index is 10.9. The Morgan fingerprint density at radius 2 is 2.21 bits per heavy atom. The second-order valence-electron chi connectivity index (χ2n) is 4.29. The van der Waals surface area contributed by atoms with Gasteiger partial charge in [-0.2, -0.15) is 12.6 Å². The van der Waals surface area contributed by atoms with Gasteiger partial charge in [-0.1, -0.05) is 6.92 Å². The van der Waals surface area contributed by atoms with Crippen LogP contribution in [0.4, 0.5) is 0 Å². The molecule has 0 spiro atoms. The van der Waals surface area contributed by atoms with Gasteiger partial charge >= 0.3 is 5.97 Å². The predicted molar refractivity (Wildman–Crippen MR) is 84.4 cm³/mol. The van der Waals surface area contributed by atoms with E-state index in [4.69, 9.17) is 4.74 Å². The average Bonchev–Trinajstić information content (AvgIpc) is 2.40. The third-order valence-corrected chi connectivity index (χ3v) is 3.74. The molecule has 0 aliphatic carbocycles. The monoisotopic (exact) mass is 396 g/mol. The number of esters is 1. The third kappa shape index (κ3) is 5.19. The number of hydrogen-bond acceptors (Lipinski definition) is 5. The van der Waals surface area contributed by atoms with Crippen LogP contribution >= 0.6 is 35.2 Å². The lowest BCUT2D eigenvalue weighted by atomic mass is 9.94. The number of aliphatic hydroxyl groups excluding tert-OH is 1. The van der Waals surface area contributed by atoms with Gasteiger partial charge in [0.2, 0.25) is 0 Å². The highest BCUT2D eigenvalue weighted by atomic mass is 127. The summed E-state index contributed by atoms with van der Waals surface area (Å²) in [5, 5.41) is 19.9. The number of phenolic OH excluding ortho intramolecular Hbond substituents is 1. The van der Waals surface area contributed by atoms with Crippen molar-refractivity contribution in [1.29, 1.82) is 0 Å². The molecular weight excluding hydrogens is 379 g/mol. The topological polar surface area (TPSA) is 66.8 Å². The fourth-order valence-corrected chi connectivity index (χ4v) is 2.24. The Labute approximate surface area is 131 Å². The zero-order valence-corrected chi connectivity index (χ0v) is 13.6. The van der Waals surface area contributed by atoms with E-state index in [0.29, 0.717) is 12.0 Å². The molecule has 2 atom stereocenters. The Hall–Kier alpha value is -0.470. The summed E-state index contributed by atoms with van der Waals surface area (Å²) >= 11 is 5.93. The minimum absolute atomic E-state index is 0.0502. The molecule has 0 radical (unpaired) electrons. The normalized spacial score (nSPS) is 13.9. The minimum Gasteiger partial charge on any atom is -0.508 e. The predicted octanol–water partition coefficient (Wildman–Crippen LogP) is 2.53. The molecule has 19 heavy (non-hydrogen) atoms. The van der Waals surface area contributed by atoms with Gasteiger partial charge in [-0.3, -0.25) is 4.79 Å². The number of hydrogen-bond donors (Lipinski definition) is 3. The number of aromatic hydroxyl groups is 1. The lowest BCUT2D eigenvalue weighted by molar-refractivity contribution is -0.141. The molecule has 2 N–H and O–H groups in total. The van der Waals surface area contributed by atoms with E-state index in [-0.39, 0.29) is 30.0 Å². The van der Waals surface area contributed by atoms with Gasteiger partial charge in [-0.05, 0) is 53.1 Å². The zero-order chi connectivity index (χ0) is 14.4. The number of carbonyl (C=O) groups is 1. The first-order valence-corrected chi connectivity index (χ1v) is 7.59. The molecule has 0 unspecified atom stereocenters. The van der Waals surface area contributed by atoms with Crippen LogP contribution in [0.5, 0.6) is 5.75 Å². The number of halogens is 1. The first kappa shape index (κ1) is 16.6. The van der Waals surface area contributed by atoms with Gasteiger partial charge in [0.25, 0.3) is 0 Å². The van der Waals surface area contributed by atoms with Crippen LogP contribution in [0.15, 0.2) is 18.2 Å². The van der Waals surface area contributed by atoms with Crippen molar-refractivity contribution in [1.82, 2.24) is 0 Å². The second kappa shape index (κ2) is 7.96. The Bertz CT molecular complexity index is 439. The van der Waals surface area contributed by atoms with E-state index in [9.17, 15) is 15.0 Å². The smallest absolute Gasteiger partial charge is 0.315 e. The van der Waals surface area contributed by atoms with Crippen molar-refractivity contribution in [3.63, 3.8) is 0 Å². The van der Waals surface area contributed by atoms with Crippen LogP contribution in [0, 0.1) is 9.49 Å². The highest BCUT2D eigenvalue weighted by molar-refractivity contribution is 14.1. The molecule has 106 valence electrons. The highest BCUT2D eigenvalue weighted by Crippen LogP contribution is 2.32. The van der Waals surface area contributed by atoms with Crippen LogP contribution in [0.25, 0.3) is 0 Å². The molecule has 4 nitrogen and oxygen atoms in total. The van der Waals surface area contributed by atoms with Gasteiger partial charge in [-0.15, -0.1) is 0 Å². The molecule has 0 aliphatic rings. The van der Waals surface area contributed by atoms with Crippen molar-refractivity contribution < 1.29 is 19.7 Å². The number of carbonyl (C=O) groups excluding carboxylic acids is 1. The second-order valence-corrected chi connectivity index (χ2v) is 5.85. The maximum Gasteiger partial charge on any atom is 0.315 e. The molecule has 0 aliphatic heterocycles. The van der Waals surface area contributed by atoms with Gasteiger partial charge in [0.15, 0.2) is 0 Å². The van der Waals surface area contributed by atoms with Crippen molar-refractivity contribution in [2.75, 3.05) is 12.4 Å². The quantitative estimate of drug-likeness (QED) is 0.393. The Kier molecular flexibility index (Phi) is 6.95. The van der Waals surface area contributed by atoms with Crippen LogP contribution in [-0.2, 0) is 9.53 Å². The molecule has 0 saturated heterocycles. The molecule has 0 fully saturated rings. The van der Waals surface area contributed by atoms with Crippen LogP contribution in [-0.4, -0.2) is 28.5 Å². The standard InChI is InChI=1S/C13H17IO4S/c1-8(4-5-18-12(16)7-19)13(17)10-6-9(14)2-3-11(10)15/h2-3,6,8,13,15,17,19H,4-5,7H2,1H3/t8-,13-/m1/s1. The van der Waals surface area contributed by atoms with Crippen LogP contribution in [0.2, 0.25) is 0 Å². The lowest BCUT2D eigenvalue weighted by Crippen LogP contribution is -2.14.